The van der Waals surface area contributed by atoms with Crippen LogP contribution in [0.25, 0.3) is 0 Å². The van der Waals surface area contributed by atoms with Crippen LogP contribution in [0.5, 0.6) is 0 Å². The number of nitrogens with two attached hydrogens (primary N) is 1. The third kappa shape index (κ3) is 2.51. The molecule has 0 heterocycles. The second kappa shape index (κ2) is 5.18. The predicted octanol–water partition coefficient (Wildman–Crippen LogP) is 3.40. The number of hydrogen-bond acceptors (Lipinski definition) is 2. The molecule has 4 heteroatoms. The molecule has 0 aromatic heterocycles. The summed E-state index contributed by atoms with van der Waals surface area (Å²) in [6.45, 7) is 0. The predicted molar refractivity (Wildman–Crippen MR) is 68.6 cm³/mol. The molecule has 0 saturated carbocycles. The fourth-order valence-corrected chi connectivity index (χ4v) is 1.85. The standard InChI is InChI=1S/C14H10ClFN2/c15-12-7-11(5-6-13(12)16)14(18)10-3-1-9(8-17)2-4-10/h1-7,14H,18H2. The molecule has 0 bridgehead atoms. The Morgan fingerprint density at radius 2 is 1.72 bits per heavy atom. The lowest BCUT2D eigenvalue weighted by molar-refractivity contribution is 0.627. The van der Waals surface area contributed by atoms with Crippen molar-refractivity contribution in [3.8, 4) is 6.07 Å². The van der Waals surface area contributed by atoms with Crippen LogP contribution in [0.1, 0.15) is 22.7 Å². The lowest BCUT2D eigenvalue weighted by Crippen LogP contribution is -2.11. The molecule has 1 atom stereocenters. The molecule has 0 radical (unpaired) electrons. The van der Waals surface area contributed by atoms with Crippen LogP contribution in [0.3, 0.4) is 0 Å². The highest BCUT2D eigenvalue weighted by atomic mass is 35.5. The van der Waals surface area contributed by atoms with Gasteiger partial charge in [-0.25, -0.2) is 4.39 Å². The fourth-order valence-electron chi connectivity index (χ4n) is 1.66. The van der Waals surface area contributed by atoms with Crippen LogP contribution in [0.2, 0.25) is 5.02 Å². The van der Waals surface area contributed by atoms with Crippen LogP contribution >= 0.6 is 11.6 Å². The summed E-state index contributed by atoms with van der Waals surface area (Å²) in [4.78, 5) is 0. The van der Waals surface area contributed by atoms with Gasteiger partial charge in [-0.1, -0.05) is 29.8 Å². The van der Waals surface area contributed by atoms with Gasteiger partial charge in [-0.15, -0.1) is 0 Å². The highest BCUT2D eigenvalue weighted by molar-refractivity contribution is 6.30. The molecule has 0 saturated heterocycles. The molecule has 90 valence electrons. The van der Waals surface area contributed by atoms with Gasteiger partial charge in [-0.2, -0.15) is 5.26 Å². The Morgan fingerprint density at radius 3 is 2.28 bits per heavy atom. The van der Waals surface area contributed by atoms with Gasteiger partial charge in [0.1, 0.15) is 5.82 Å². The molecule has 2 rings (SSSR count). The van der Waals surface area contributed by atoms with Gasteiger partial charge in [0.2, 0.25) is 0 Å². The first-order valence-corrected chi connectivity index (χ1v) is 5.70. The first kappa shape index (κ1) is 12.6. The second-order valence-electron chi connectivity index (χ2n) is 3.89. The van der Waals surface area contributed by atoms with Crippen molar-refractivity contribution in [1.29, 1.82) is 5.26 Å². The molecule has 0 aliphatic carbocycles. The Hall–Kier alpha value is -1.89. The Kier molecular flexibility index (Phi) is 3.61. The zero-order valence-corrected chi connectivity index (χ0v) is 10.2. The summed E-state index contributed by atoms with van der Waals surface area (Å²) in [5.74, 6) is -0.465. The van der Waals surface area contributed by atoms with E-state index in [2.05, 4.69) is 0 Å². The van der Waals surface area contributed by atoms with Gasteiger partial charge in [0, 0.05) is 0 Å². The summed E-state index contributed by atoms with van der Waals surface area (Å²) >= 11 is 5.72. The number of benzene rings is 2. The molecule has 0 spiro atoms. The zero-order chi connectivity index (χ0) is 13.1. The number of nitrogens with zero attached hydrogens (tertiary/aromatic N) is 1. The van der Waals surface area contributed by atoms with Crippen LogP contribution in [-0.4, -0.2) is 0 Å². The van der Waals surface area contributed by atoms with Gasteiger partial charge in [0.15, 0.2) is 0 Å². The molecule has 18 heavy (non-hydrogen) atoms. The van der Waals surface area contributed by atoms with Crippen LogP contribution < -0.4 is 5.73 Å². The van der Waals surface area contributed by atoms with Crippen molar-refractivity contribution < 1.29 is 4.39 Å². The van der Waals surface area contributed by atoms with Gasteiger partial charge in [-0.3, -0.25) is 0 Å². The van der Waals surface area contributed by atoms with Crippen molar-refractivity contribution in [2.45, 2.75) is 6.04 Å². The van der Waals surface area contributed by atoms with Gasteiger partial charge in [0.25, 0.3) is 0 Å². The van der Waals surface area contributed by atoms with Gasteiger partial charge in [-0.05, 0) is 35.4 Å². The van der Waals surface area contributed by atoms with E-state index >= 15 is 0 Å². The lowest BCUT2D eigenvalue weighted by Gasteiger charge is -2.13. The van der Waals surface area contributed by atoms with E-state index in [0.29, 0.717) is 5.56 Å². The van der Waals surface area contributed by atoms with E-state index in [9.17, 15) is 4.39 Å². The third-order valence-electron chi connectivity index (χ3n) is 2.70. The van der Waals surface area contributed by atoms with Crippen LogP contribution in [0.4, 0.5) is 4.39 Å². The van der Waals surface area contributed by atoms with E-state index in [1.807, 2.05) is 6.07 Å². The molecular formula is C14H10ClFN2. The average Bonchev–Trinajstić information content (AvgIpc) is 2.41. The molecule has 0 aliphatic heterocycles. The Morgan fingerprint density at radius 1 is 1.11 bits per heavy atom. The van der Waals surface area contributed by atoms with Crippen molar-refractivity contribution in [3.63, 3.8) is 0 Å². The smallest absolute Gasteiger partial charge is 0.141 e. The van der Waals surface area contributed by atoms with E-state index in [-0.39, 0.29) is 5.02 Å². The lowest BCUT2D eigenvalue weighted by atomic mass is 9.99. The molecule has 2 nitrogen and oxygen atoms in total. The summed E-state index contributed by atoms with van der Waals surface area (Å²) in [5.41, 5.74) is 8.21. The van der Waals surface area contributed by atoms with Gasteiger partial charge in [0.05, 0.1) is 22.7 Å². The summed E-state index contributed by atoms with van der Waals surface area (Å²) in [7, 11) is 0. The maximum atomic E-state index is 13.1. The van der Waals surface area contributed by atoms with E-state index in [1.165, 1.54) is 12.1 Å². The molecule has 1 unspecified atom stereocenters. The molecular weight excluding hydrogens is 251 g/mol. The number of rotatable bonds is 2. The molecule has 0 fully saturated rings. The summed E-state index contributed by atoms with van der Waals surface area (Å²) in [6.07, 6.45) is 0. The monoisotopic (exact) mass is 260 g/mol. The fraction of sp³-hybridized carbons (Fsp3) is 0.0714. The second-order valence-corrected chi connectivity index (χ2v) is 4.29. The van der Waals surface area contributed by atoms with E-state index in [1.54, 1.807) is 30.3 Å². The SMILES string of the molecule is N#Cc1ccc(C(N)c2ccc(F)c(Cl)c2)cc1. The van der Waals surface area contributed by atoms with Crippen molar-refractivity contribution in [3.05, 3.63) is 70.0 Å². The highest BCUT2D eigenvalue weighted by Crippen LogP contribution is 2.24. The first-order valence-electron chi connectivity index (χ1n) is 5.32. The first-order chi connectivity index (χ1) is 8.61. The van der Waals surface area contributed by atoms with Gasteiger partial charge < -0.3 is 5.73 Å². The van der Waals surface area contributed by atoms with Crippen LogP contribution in [0.15, 0.2) is 42.5 Å². The van der Waals surface area contributed by atoms with E-state index in [0.717, 1.165) is 11.1 Å². The molecule has 2 N–H and O–H groups in total. The maximum Gasteiger partial charge on any atom is 0.141 e. The highest BCUT2D eigenvalue weighted by Gasteiger charge is 2.10. The number of hydrogen-bond donors (Lipinski definition) is 1. The Bertz CT molecular complexity index is 602. The minimum atomic E-state index is -0.465. The minimum absolute atomic E-state index is 0.0524. The Balaban J connectivity index is 2.32. The van der Waals surface area contributed by atoms with Crippen molar-refractivity contribution >= 4 is 11.6 Å². The number of nitriles is 1. The van der Waals surface area contributed by atoms with E-state index < -0.39 is 11.9 Å². The topological polar surface area (TPSA) is 49.8 Å². The normalized spacial score (nSPS) is 11.9. The molecule has 2 aromatic rings. The summed E-state index contributed by atoms with van der Waals surface area (Å²) < 4.78 is 13.1. The molecule has 0 aliphatic rings. The van der Waals surface area contributed by atoms with Crippen molar-refractivity contribution in [1.82, 2.24) is 0 Å². The minimum Gasteiger partial charge on any atom is -0.320 e. The largest absolute Gasteiger partial charge is 0.320 e. The van der Waals surface area contributed by atoms with Crippen LogP contribution in [-0.2, 0) is 0 Å². The molecule has 2 aromatic carbocycles. The molecule has 0 amide bonds. The number of halogens is 2. The average molecular weight is 261 g/mol. The van der Waals surface area contributed by atoms with Gasteiger partial charge >= 0.3 is 0 Å². The maximum absolute atomic E-state index is 13.1. The van der Waals surface area contributed by atoms with Crippen molar-refractivity contribution in [2.75, 3.05) is 0 Å². The summed E-state index contributed by atoms with van der Waals surface area (Å²) in [6, 6.07) is 13.0. The van der Waals surface area contributed by atoms with Crippen LogP contribution in [0, 0.1) is 17.1 Å². The Labute approximate surface area is 109 Å². The quantitative estimate of drug-likeness (QED) is 0.900. The van der Waals surface area contributed by atoms with E-state index in [4.69, 9.17) is 22.6 Å². The van der Waals surface area contributed by atoms with Crippen molar-refractivity contribution in [2.24, 2.45) is 5.73 Å². The zero-order valence-electron chi connectivity index (χ0n) is 9.40. The summed E-state index contributed by atoms with van der Waals surface area (Å²) in [5, 5.41) is 8.76. The third-order valence-corrected chi connectivity index (χ3v) is 2.99.